The lowest BCUT2D eigenvalue weighted by Crippen LogP contribution is -2.48. The molecule has 1 saturated heterocycles. The Morgan fingerprint density at radius 2 is 1.86 bits per heavy atom. The van der Waals surface area contributed by atoms with E-state index >= 15 is 0 Å². The molecule has 0 spiro atoms. The van der Waals surface area contributed by atoms with E-state index in [-0.39, 0.29) is 24.2 Å². The zero-order valence-corrected chi connectivity index (χ0v) is 14.3. The van der Waals surface area contributed by atoms with Gasteiger partial charge in [-0.15, -0.1) is 12.4 Å². The van der Waals surface area contributed by atoms with Crippen molar-refractivity contribution in [1.82, 2.24) is 16.0 Å². The number of halogens is 1. The van der Waals surface area contributed by atoms with E-state index < -0.39 is 6.04 Å². The molecule has 0 radical (unpaired) electrons. The zero-order valence-electron chi connectivity index (χ0n) is 13.5. The van der Waals surface area contributed by atoms with Crippen LogP contribution in [0.2, 0.25) is 0 Å². The molecule has 2 fully saturated rings. The summed E-state index contributed by atoms with van der Waals surface area (Å²) in [7, 11) is 0. The van der Waals surface area contributed by atoms with Crippen molar-refractivity contribution in [2.24, 2.45) is 5.92 Å². The molecule has 2 atom stereocenters. The van der Waals surface area contributed by atoms with Gasteiger partial charge in [-0.3, -0.25) is 9.59 Å². The van der Waals surface area contributed by atoms with Gasteiger partial charge in [-0.25, -0.2) is 0 Å². The molecule has 2 unspecified atom stereocenters. The fourth-order valence-corrected chi connectivity index (χ4v) is 3.33. The van der Waals surface area contributed by atoms with E-state index in [0.717, 1.165) is 25.8 Å². The summed E-state index contributed by atoms with van der Waals surface area (Å²) < 4.78 is 0. The molecule has 3 N–H and O–H groups in total. The van der Waals surface area contributed by atoms with Gasteiger partial charge < -0.3 is 16.0 Å². The highest BCUT2D eigenvalue weighted by Gasteiger charge is 2.21. The monoisotopic (exact) mass is 331 g/mol. The molecule has 1 aliphatic heterocycles. The number of rotatable bonds is 6. The van der Waals surface area contributed by atoms with Crippen LogP contribution in [0.15, 0.2) is 0 Å². The van der Waals surface area contributed by atoms with Crippen molar-refractivity contribution in [2.45, 2.75) is 70.4 Å². The Bertz CT molecular complexity index is 353. The second-order valence-electron chi connectivity index (χ2n) is 6.54. The van der Waals surface area contributed by atoms with E-state index in [1.165, 1.54) is 25.7 Å². The molecule has 2 rings (SSSR count). The van der Waals surface area contributed by atoms with Crippen LogP contribution in [0.4, 0.5) is 0 Å². The lowest BCUT2D eigenvalue weighted by molar-refractivity contribution is -0.129. The third kappa shape index (κ3) is 6.53. The predicted molar refractivity (Wildman–Crippen MR) is 90.1 cm³/mol. The van der Waals surface area contributed by atoms with Gasteiger partial charge in [0.25, 0.3) is 0 Å². The molecule has 5 nitrogen and oxygen atoms in total. The molecule has 0 aromatic rings. The summed E-state index contributed by atoms with van der Waals surface area (Å²) in [6, 6.07) is -0.0541. The summed E-state index contributed by atoms with van der Waals surface area (Å²) in [5.41, 5.74) is 0. The topological polar surface area (TPSA) is 70.2 Å². The lowest BCUT2D eigenvalue weighted by Gasteiger charge is -2.22. The molecule has 1 aliphatic carbocycles. The first-order valence-electron chi connectivity index (χ1n) is 8.45. The predicted octanol–water partition coefficient (Wildman–Crippen LogP) is 1.75. The highest BCUT2D eigenvalue weighted by atomic mass is 35.5. The van der Waals surface area contributed by atoms with Crippen molar-refractivity contribution in [1.29, 1.82) is 0 Å². The highest BCUT2D eigenvalue weighted by molar-refractivity contribution is 5.87. The average molecular weight is 332 g/mol. The Hall–Kier alpha value is -0.810. The summed E-state index contributed by atoms with van der Waals surface area (Å²) in [5.74, 6) is 0.445. The van der Waals surface area contributed by atoms with Crippen molar-refractivity contribution < 1.29 is 9.59 Å². The Kier molecular flexibility index (Phi) is 8.79. The standard InChI is InChI=1S/C16H29N3O2.ClH/c1-12(16(21)18-11-14-8-5-9-17-14)19-15(20)10-13-6-3-2-4-7-13;/h12-14,17H,2-11H2,1H3,(H,18,21)(H,19,20);1H. The van der Waals surface area contributed by atoms with Crippen molar-refractivity contribution >= 4 is 24.2 Å². The van der Waals surface area contributed by atoms with Gasteiger partial charge in [0.05, 0.1) is 0 Å². The smallest absolute Gasteiger partial charge is 0.242 e. The number of hydrogen-bond acceptors (Lipinski definition) is 3. The van der Waals surface area contributed by atoms with E-state index in [0.29, 0.717) is 24.9 Å². The van der Waals surface area contributed by atoms with E-state index in [4.69, 9.17) is 0 Å². The quantitative estimate of drug-likeness (QED) is 0.694. The maximum Gasteiger partial charge on any atom is 0.242 e. The van der Waals surface area contributed by atoms with Crippen LogP contribution in [0.3, 0.4) is 0 Å². The average Bonchev–Trinajstić information content (AvgIpc) is 2.98. The van der Waals surface area contributed by atoms with E-state index in [1.807, 2.05) is 0 Å². The van der Waals surface area contributed by atoms with Gasteiger partial charge in [-0.05, 0) is 45.1 Å². The number of hydrogen-bond donors (Lipinski definition) is 3. The minimum atomic E-state index is -0.442. The highest BCUT2D eigenvalue weighted by Crippen LogP contribution is 2.26. The summed E-state index contributed by atoms with van der Waals surface area (Å²) in [6.45, 7) is 3.45. The number of carbonyl (C=O) groups excluding carboxylic acids is 2. The van der Waals surface area contributed by atoms with Gasteiger partial charge in [0.2, 0.25) is 11.8 Å². The van der Waals surface area contributed by atoms with E-state index in [2.05, 4.69) is 16.0 Å². The SMILES string of the molecule is CC(NC(=O)CC1CCCCC1)C(=O)NCC1CCCN1.Cl. The Labute approximate surface area is 139 Å². The summed E-state index contributed by atoms with van der Waals surface area (Å²) in [4.78, 5) is 24.0. The molecule has 1 saturated carbocycles. The molecule has 22 heavy (non-hydrogen) atoms. The van der Waals surface area contributed by atoms with Crippen molar-refractivity contribution in [2.75, 3.05) is 13.1 Å². The molecule has 2 amide bonds. The molecule has 0 bridgehead atoms. The first kappa shape index (κ1) is 19.2. The molecule has 2 aliphatic rings. The van der Waals surface area contributed by atoms with Crippen molar-refractivity contribution in [3.05, 3.63) is 0 Å². The molecule has 0 aromatic heterocycles. The van der Waals surface area contributed by atoms with E-state index in [9.17, 15) is 9.59 Å². The van der Waals surface area contributed by atoms with Crippen LogP contribution in [0, 0.1) is 5.92 Å². The normalized spacial score (nSPS) is 23.4. The van der Waals surface area contributed by atoms with Crippen LogP contribution in [0.25, 0.3) is 0 Å². The number of carbonyl (C=O) groups is 2. The summed E-state index contributed by atoms with van der Waals surface area (Å²) in [6.07, 6.45) is 8.94. The van der Waals surface area contributed by atoms with Crippen LogP contribution < -0.4 is 16.0 Å². The maximum absolute atomic E-state index is 12.0. The number of amides is 2. The molecular weight excluding hydrogens is 302 g/mol. The van der Waals surface area contributed by atoms with Crippen molar-refractivity contribution in [3.63, 3.8) is 0 Å². The van der Waals surface area contributed by atoms with Crippen LogP contribution in [-0.2, 0) is 9.59 Å². The first-order chi connectivity index (χ1) is 10.1. The van der Waals surface area contributed by atoms with Crippen LogP contribution in [0.5, 0.6) is 0 Å². The van der Waals surface area contributed by atoms with Gasteiger partial charge in [0.1, 0.15) is 6.04 Å². The summed E-state index contributed by atoms with van der Waals surface area (Å²) >= 11 is 0. The van der Waals surface area contributed by atoms with Gasteiger partial charge in [0.15, 0.2) is 0 Å². The first-order valence-corrected chi connectivity index (χ1v) is 8.45. The molecule has 128 valence electrons. The lowest BCUT2D eigenvalue weighted by atomic mass is 9.87. The van der Waals surface area contributed by atoms with E-state index in [1.54, 1.807) is 6.92 Å². The number of nitrogens with one attached hydrogen (secondary N) is 3. The van der Waals surface area contributed by atoms with Gasteiger partial charge >= 0.3 is 0 Å². The second-order valence-corrected chi connectivity index (χ2v) is 6.54. The van der Waals surface area contributed by atoms with Gasteiger partial charge in [-0.1, -0.05) is 19.3 Å². The minimum absolute atomic E-state index is 0. The molecule has 1 heterocycles. The van der Waals surface area contributed by atoms with Gasteiger partial charge in [-0.2, -0.15) is 0 Å². The Balaban J connectivity index is 0.00000242. The maximum atomic E-state index is 12.0. The Morgan fingerprint density at radius 3 is 2.50 bits per heavy atom. The second kappa shape index (κ2) is 10.1. The molecular formula is C16H30ClN3O2. The summed E-state index contributed by atoms with van der Waals surface area (Å²) in [5, 5.41) is 9.09. The molecule has 6 heteroatoms. The van der Waals surface area contributed by atoms with Crippen LogP contribution in [-0.4, -0.2) is 37.0 Å². The Morgan fingerprint density at radius 1 is 1.14 bits per heavy atom. The minimum Gasteiger partial charge on any atom is -0.353 e. The van der Waals surface area contributed by atoms with Crippen LogP contribution in [0.1, 0.15) is 58.3 Å². The van der Waals surface area contributed by atoms with Gasteiger partial charge in [0, 0.05) is 19.0 Å². The third-order valence-electron chi connectivity index (χ3n) is 4.65. The van der Waals surface area contributed by atoms with Crippen molar-refractivity contribution in [3.8, 4) is 0 Å². The zero-order chi connectivity index (χ0) is 15.1. The fourth-order valence-electron chi connectivity index (χ4n) is 3.33. The largest absolute Gasteiger partial charge is 0.353 e. The molecule has 0 aromatic carbocycles. The third-order valence-corrected chi connectivity index (χ3v) is 4.65. The fraction of sp³-hybridized carbons (Fsp3) is 0.875. The van der Waals surface area contributed by atoms with Crippen LogP contribution >= 0.6 is 12.4 Å².